The van der Waals surface area contributed by atoms with Crippen LogP contribution in [0.15, 0.2) is 24.4 Å². The van der Waals surface area contributed by atoms with Gasteiger partial charge in [0.1, 0.15) is 0 Å². The Bertz CT molecular complexity index is 524. The van der Waals surface area contributed by atoms with E-state index in [0.717, 1.165) is 10.5 Å². The molecule has 1 aromatic carbocycles. The molecule has 17 heavy (non-hydrogen) atoms. The molecule has 0 atom stereocenters. The summed E-state index contributed by atoms with van der Waals surface area (Å²) in [6.07, 6.45) is 4.64. The monoisotopic (exact) mass is 248 g/mol. The van der Waals surface area contributed by atoms with Crippen LogP contribution >= 0.6 is 11.6 Å². The maximum absolute atomic E-state index is 6.19. The number of hydrogen-bond donors (Lipinski definition) is 1. The van der Waals surface area contributed by atoms with E-state index in [0.29, 0.717) is 5.92 Å². The number of aromatic nitrogens is 1. The first-order chi connectivity index (χ1) is 8.25. The molecule has 2 aromatic rings. The number of aromatic amines is 1. The molecule has 2 nitrogen and oxygen atoms in total. The van der Waals surface area contributed by atoms with Gasteiger partial charge in [-0.15, -0.1) is 0 Å². The van der Waals surface area contributed by atoms with Crippen LogP contribution in [-0.4, -0.2) is 30.0 Å². The lowest BCUT2D eigenvalue weighted by Gasteiger charge is -2.28. The molecule has 1 fully saturated rings. The fourth-order valence-corrected chi connectivity index (χ4v) is 3.03. The smallest absolute Gasteiger partial charge is 0.0647 e. The molecule has 1 aromatic heterocycles. The summed E-state index contributed by atoms with van der Waals surface area (Å²) in [5.74, 6) is 0.679. The third-order valence-corrected chi connectivity index (χ3v) is 4.17. The zero-order valence-electron chi connectivity index (χ0n) is 10.0. The van der Waals surface area contributed by atoms with Crippen molar-refractivity contribution in [3.8, 4) is 0 Å². The molecule has 1 saturated heterocycles. The number of rotatable bonds is 1. The van der Waals surface area contributed by atoms with E-state index in [-0.39, 0.29) is 0 Å². The average molecular weight is 249 g/mol. The fourth-order valence-electron chi connectivity index (χ4n) is 2.80. The van der Waals surface area contributed by atoms with Crippen molar-refractivity contribution in [2.75, 3.05) is 20.1 Å². The van der Waals surface area contributed by atoms with Crippen molar-refractivity contribution in [2.45, 2.75) is 18.8 Å². The molecule has 1 aliphatic rings. The summed E-state index contributed by atoms with van der Waals surface area (Å²) in [5.41, 5.74) is 2.53. The molecule has 90 valence electrons. The Labute approximate surface area is 107 Å². The number of fused-ring (bicyclic) bond motifs is 1. The lowest BCUT2D eigenvalue weighted by atomic mass is 9.89. The Morgan fingerprint density at radius 2 is 2.06 bits per heavy atom. The second kappa shape index (κ2) is 4.35. The molecule has 3 heteroatoms. The first-order valence-corrected chi connectivity index (χ1v) is 6.57. The minimum atomic E-state index is 0.679. The Balaban J connectivity index is 1.98. The summed E-state index contributed by atoms with van der Waals surface area (Å²) in [7, 11) is 2.20. The van der Waals surface area contributed by atoms with Crippen molar-refractivity contribution in [1.29, 1.82) is 0 Å². The Morgan fingerprint density at radius 3 is 2.82 bits per heavy atom. The molecule has 0 aliphatic carbocycles. The molecule has 2 heterocycles. The van der Waals surface area contributed by atoms with Gasteiger partial charge in [-0.2, -0.15) is 0 Å². The summed E-state index contributed by atoms with van der Waals surface area (Å²) in [4.78, 5) is 5.72. The van der Waals surface area contributed by atoms with Crippen LogP contribution in [0.1, 0.15) is 24.3 Å². The second-order valence-electron chi connectivity index (χ2n) is 4.98. The first kappa shape index (κ1) is 11.1. The number of hydrogen-bond acceptors (Lipinski definition) is 1. The van der Waals surface area contributed by atoms with Gasteiger partial charge in [0, 0.05) is 11.6 Å². The van der Waals surface area contributed by atoms with E-state index in [2.05, 4.69) is 29.2 Å². The van der Waals surface area contributed by atoms with Gasteiger partial charge in [0.25, 0.3) is 0 Å². The van der Waals surface area contributed by atoms with E-state index < -0.39 is 0 Å². The van der Waals surface area contributed by atoms with Gasteiger partial charge in [-0.3, -0.25) is 0 Å². The lowest BCUT2D eigenvalue weighted by molar-refractivity contribution is 0.256. The van der Waals surface area contributed by atoms with Crippen LogP contribution < -0.4 is 0 Å². The highest BCUT2D eigenvalue weighted by Crippen LogP contribution is 2.34. The van der Waals surface area contributed by atoms with Crippen molar-refractivity contribution in [1.82, 2.24) is 9.88 Å². The van der Waals surface area contributed by atoms with Crippen LogP contribution in [0.4, 0.5) is 0 Å². The van der Waals surface area contributed by atoms with Crippen molar-refractivity contribution in [3.63, 3.8) is 0 Å². The molecule has 1 N–H and O–H groups in total. The predicted octanol–water partition coefficient (Wildman–Crippen LogP) is 3.63. The molecular weight excluding hydrogens is 232 g/mol. The average Bonchev–Trinajstić information content (AvgIpc) is 2.75. The number of nitrogens with one attached hydrogen (secondary N) is 1. The van der Waals surface area contributed by atoms with Gasteiger partial charge in [0.05, 0.1) is 10.5 Å². The maximum Gasteiger partial charge on any atom is 0.0647 e. The highest BCUT2D eigenvalue weighted by molar-refractivity contribution is 6.35. The minimum Gasteiger partial charge on any atom is -0.360 e. The van der Waals surface area contributed by atoms with Gasteiger partial charge in [0.2, 0.25) is 0 Å². The van der Waals surface area contributed by atoms with E-state index in [1.165, 1.54) is 36.9 Å². The number of nitrogens with zero attached hydrogens (tertiary/aromatic N) is 1. The van der Waals surface area contributed by atoms with E-state index >= 15 is 0 Å². The topological polar surface area (TPSA) is 19.0 Å². The molecule has 0 unspecified atom stereocenters. The van der Waals surface area contributed by atoms with Gasteiger partial charge < -0.3 is 9.88 Å². The third kappa shape index (κ3) is 1.96. The van der Waals surface area contributed by atoms with Gasteiger partial charge in [0.15, 0.2) is 0 Å². The minimum absolute atomic E-state index is 0.679. The van der Waals surface area contributed by atoms with Gasteiger partial charge in [-0.25, -0.2) is 0 Å². The Hall–Kier alpha value is -0.990. The third-order valence-electron chi connectivity index (χ3n) is 3.86. The normalized spacial score (nSPS) is 18.9. The summed E-state index contributed by atoms with van der Waals surface area (Å²) in [5, 5.41) is 2.12. The van der Waals surface area contributed by atoms with Crippen LogP contribution in [0, 0.1) is 0 Å². The largest absolute Gasteiger partial charge is 0.360 e. The Morgan fingerprint density at radius 1 is 1.29 bits per heavy atom. The molecule has 1 aliphatic heterocycles. The van der Waals surface area contributed by atoms with Crippen molar-refractivity contribution in [3.05, 3.63) is 35.0 Å². The van der Waals surface area contributed by atoms with Gasteiger partial charge in [-0.05, 0) is 50.5 Å². The van der Waals surface area contributed by atoms with E-state index in [1.807, 2.05) is 12.1 Å². The molecule has 0 saturated carbocycles. The second-order valence-corrected chi connectivity index (χ2v) is 5.39. The molecule has 0 radical (unpaired) electrons. The van der Waals surface area contributed by atoms with Crippen LogP contribution in [0.2, 0.25) is 5.02 Å². The number of halogens is 1. The summed E-state index contributed by atoms with van der Waals surface area (Å²) < 4.78 is 0. The fraction of sp³-hybridized carbons (Fsp3) is 0.429. The number of H-pyrrole nitrogens is 1. The highest BCUT2D eigenvalue weighted by Gasteiger charge is 2.21. The maximum atomic E-state index is 6.19. The van der Waals surface area contributed by atoms with E-state index in [1.54, 1.807) is 0 Å². The van der Waals surface area contributed by atoms with Crippen LogP contribution in [0.25, 0.3) is 10.9 Å². The zero-order chi connectivity index (χ0) is 11.8. The molecular formula is C14H17ClN2. The van der Waals surface area contributed by atoms with Crippen LogP contribution in [0.5, 0.6) is 0 Å². The first-order valence-electron chi connectivity index (χ1n) is 6.20. The zero-order valence-corrected chi connectivity index (χ0v) is 10.8. The molecule has 0 bridgehead atoms. The highest BCUT2D eigenvalue weighted by atomic mass is 35.5. The van der Waals surface area contributed by atoms with Gasteiger partial charge >= 0.3 is 0 Å². The number of piperidine rings is 1. The molecule has 0 spiro atoms. The number of para-hydroxylation sites is 1. The summed E-state index contributed by atoms with van der Waals surface area (Å²) >= 11 is 6.19. The van der Waals surface area contributed by atoms with E-state index in [9.17, 15) is 0 Å². The van der Waals surface area contributed by atoms with Gasteiger partial charge in [-0.1, -0.05) is 23.7 Å². The van der Waals surface area contributed by atoms with Crippen LogP contribution in [-0.2, 0) is 0 Å². The van der Waals surface area contributed by atoms with E-state index in [4.69, 9.17) is 11.6 Å². The SMILES string of the molecule is CN1CCC(c2c[nH]c3c(Cl)cccc23)CC1. The van der Waals surface area contributed by atoms with Crippen molar-refractivity contribution >= 4 is 22.5 Å². The quantitative estimate of drug-likeness (QED) is 0.817. The Kier molecular flexibility index (Phi) is 2.85. The lowest BCUT2D eigenvalue weighted by Crippen LogP contribution is -2.29. The number of likely N-dealkylation sites (tertiary alicyclic amines) is 1. The predicted molar refractivity (Wildman–Crippen MR) is 72.8 cm³/mol. The molecule has 0 amide bonds. The standard InChI is InChI=1S/C14H17ClN2/c1-17-7-5-10(6-8-17)12-9-16-14-11(12)3-2-4-13(14)15/h2-4,9-10,16H,5-8H2,1H3. The van der Waals surface area contributed by atoms with Crippen molar-refractivity contribution in [2.24, 2.45) is 0 Å². The number of benzene rings is 1. The summed E-state index contributed by atoms with van der Waals surface area (Å²) in [6, 6.07) is 6.15. The van der Waals surface area contributed by atoms with Crippen LogP contribution in [0.3, 0.4) is 0 Å². The molecule has 3 rings (SSSR count). The summed E-state index contributed by atoms with van der Waals surface area (Å²) in [6.45, 7) is 2.38. The van der Waals surface area contributed by atoms with Crippen molar-refractivity contribution < 1.29 is 0 Å².